The summed E-state index contributed by atoms with van der Waals surface area (Å²) in [6.45, 7) is 3.19. The summed E-state index contributed by atoms with van der Waals surface area (Å²) in [5.41, 5.74) is 1.43. The van der Waals surface area contributed by atoms with E-state index in [4.69, 9.17) is 4.42 Å². The second-order valence-corrected chi connectivity index (χ2v) is 8.08. The highest BCUT2D eigenvalue weighted by atomic mass is 32.1. The highest BCUT2D eigenvalue weighted by molar-refractivity contribution is 7.13. The first-order valence-electron chi connectivity index (χ1n) is 9.73. The molecule has 1 N–H and O–H groups in total. The van der Waals surface area contributed by atoms with Crippen LogP contribution in [0.3, 0.4) is 0 Å². The van der Waals surface area contributed by atoms with Gasteiger partial charge < -0.3 is 14.6 Å². The molecule has 7 heteroatoms. The molecule has 0 atom stereocenters. The second-order valence-electron chi connectivity index (χ2n) is 7.23. The van der Waals surface area contributed by atoms with Crippen molar-refractivity contribution in [3.63, 3.8) is 0 Å². The van der Waals surface area contributed by atoms with Gasteiger partial charge in [-0.2, -0.15) is 0 Å². The highest BCUT2D eigenvalue weighted by Crippen LogP contribution is 2.26. The van der Waals surface area contributed by atoms with Crippen molar-refractivity contribution in [1.82, 2.24) is 15.2 Å². The molecule has 0 aliphatic carbocycles. The molecule has 1 fully saturated rings. The van der Waals surface area contributed by atoms with Crippen LogP contribution in [0, 0.1) is 6.92 Å². The van der Waals surface area contributed by atoms with Crippen LogP contribution in [-0.2, 0) is 11.2 Å². The van der Waals surface area contributed by atoms with Crippen molar-refractivity contribution in [3.8, 4) is 10.8 Å². The summed E-state index contributed by atoms with van der Waals surface area (Å²) in [5, 5.41) is 5.78. The Hall–Kier alpha value is -2.93. The van der Waals surface area contributed by atoms with E-state index in [2.05, 4.69) is 10.3 Å². The molecule has 0 unspecified atom stereocenters. The number of furan rings is 1. The summed E-state index contributed by atoms with van der Waals surface area (Å²) in [6, 6.07) is 13.1. The standard InChI is InChI=1S/C22H23N3O3S/c1-15-7-8-19(28-15)22-24-18(14-29-22)13-20(26)25-11-9-17(10-12-25)23-21(27)16-5-3-2-4-6-16/h2-8,14,17H,9-13H2,1H3,(H,23,27). The van der Waals surface area contributed by atoms with Crippen LogP contribution in [0.5, 0.6) is 0 Å². The summed E-state index contributed by atoms with van der Waals surface area (Å²) < 4.78 is 5.60. The highest BCUT2D eigenvalue weighted by Gasteiger charge is 2.24. The van der Waals surface area contributed by atoms with Crippen molar-refractivity contribution >= 4 is 23.2 Å². The Morgan fingerprint density at radius 1 is 1.17 bits per heavy atom. The summed E-state index contributed by atoms with van der Waals surface area (Å²) in [7, 11) is 0. The molecule has 29 heavy (non-hydrogen) atoms. The van der Waals surface area contributed by atoms with Gasteiger partial charge in [-0.3, -0.25) is 9.59 Å². The predicted octanol–water partition coefficient (Wildman–Crippen LogP) is 3.68. The molecular formula is C22H23N3O3S. The first-order chi connectivity index (χ1) is 14.1. The van der Waals surface area contributed by atoms with Crippen molar-refractivity contribution in [1.29, 1.82) is 0 Å². The first kappa shape index (κ1) is 19.4. The lowest BCUT2D eigenvalue weighted by Crippen LogP contribution is -2.47. The SMILES string of the molecule is Cc1ccc(-c2nc(CC(=O)N3CCC(NC(=O)c4ccccc4)CC3)cs2)o1. The number of rotatable bonds is 5. The molecule has 1 aliphatic heterocycles. The Labute approximate surface area is 173 Å². The molecule has 3 aromatic rings. The normalized spacial score (nSPS) is 14.7. The average molecular weight is 410 g/mol. The Morgan fingerprint density at radius 2 is 1.93 bits per heavy atom. The maximum atomic E-state index is 12.6. The van der Waals surface area contributed by atoms with Crippen LogP contribution in [-0.4, -0.2) is 40.8 Å². The molecule has 1 aromatic carbocycles. The number of carbonyl (C=O) groups is 2. The van der Waals surface area contributed by atoms with Crippen LogP contribution >= 0.6 is 11.3 Å². The number of benzene rings is 1. The summed E-state index contributed by atoms with van der Waals surface area (Å²) in [4.78, 5) is 31.3. The van der Waals surface area contributed by atoms with E-state index in [1.165, 1.54) is 11.3 Å². The second kappa shape index (κ2) is 8.61. The molecule has 0 bridgehead atoms. The van der Waals surface area contributed by atoms with Gasteiger partial charge in [-0.25, -0.2) is 4.98 Å². The molecule has 2 amide bonds. The number of aromatic nitrogens is 1. The zero-order chi connectivity index (χ0) is 20.2. The minimum Gasteiger partial charge on any atom is -0.459 e. The summed E-state index contributed by atoms with van der Waals surface area (Å²) in [5.74, 6) is 1.60. The molecule has 3 heterocycles. The number of nitrogens with one attached hydrogen (secondary N) is 1. The number of aryl methyl sites for hydroxylation is 1. The zero-order valence-corrected chi connectivity index (χ0v) is 17.1. The van der Waals surface area contributed by atoms with E-state index in [1.54, 1.807) is 12.1 Å². The Bertz CT molecular complexity index is 988. The monoisotopic (exact) mass is 409 g/mol. The fraction of sp³-hybridized carbons (Fsp3) is 0.318. The molecule has 1 aliphatic rings. The van der Waals surface area contributed by atoms with E-state index in [1.807, 2.05) is 47.5 Å². The smallest absolute Gasteiger partial charge is 0.251 e. The van der Waals surface area contributed by atoms with Gasteiger partial charge in [0, 0.05) is 30.1 Å². The molecule has 2 aromatic heterocycles. The first-order valence-corrected chi connectivity index (χ1v) is 10.6. The molecule has 4 rings (SSSR count). The van der Waals surface area contributed by atoms with Gasteiger partial charge in [0.15, 0.2) is 10.8 Å². The molecule has 1 saturated heterocycles. The number of hydrogen-bond acceptors (Lipinski definition) is 5. The van der Waals surface area contributed by atoms with E-state index in [9.17, 15) is 9.59 Å². The largest absolute Gasteiger partial charge is 0.459 e. The number of nitrogens with zero attached hydrogens (tertiary/aromatic N) is 2. The molecular weight excluding hydrogens is 386 g/mol. The van der Waals surface area contributed by atoms with Crippen molar-refractivity contribution in [2.24, 2.45) is 0 Å². The van der Waals surface area contributed by atoms with Crippen molar-refractivity contribution in [3.05, 3.63) is 64.9 Å². The summed E-state index contributed by atoms with van der Waals surface area (Å²) >= 11 is 1.49. The fourth-order valence-corrected chi connectivity index (χ4v) is 4.23. The molecule has 6 nitrogen and oxygen atoms in total. The Balaban J connectivity index is 1.27. The lowest BCUT2D eigenvalue weighted by atomic mass is 10.0. The maximum Gasteiger partial charge on any atom is 0.251 e. The van der Waals surface area contributed by atoms with Crippen LogP contribution in [0.25, 0.3) is 10.8 Å². The molecule has 0 saturated carbocycles. The third-order valence-electron chi connectivity index (χ3n) is 5.05. The van der Waals surface area contributed by atoms with E-state index >= 15 is 0 Å². The van der Waals surface area contributed by atoms with Gasteiger partial charge in [0.25, 0.3) is 5.91 Å². The number of amides is 2. The number of hydrogen-bond donors (Lipinski definition) is 1. The third kappa shape index (κ3) is 4.74. The quantitative estimate of drug-likeness (QED) is 0.698. The summed E-state index contributed by atoms with van der Waals surface area (Å²) in [6.07, 6.45) is 1.81. The third-order valence-corrected chi connectivity index (χ3v) is 5.96. The predicted molar refractivity (Wildman–Crippen MR) is 112 cm³/mol. The van der Waals surface area contributed by atoms with Gasteiger partial charge in [-0.05, 0) is 44.0 Å². The van der Waals surface area contributed by atoms with Gasteiger partial charge in [-0.1, -0.05) is 18.2 Å². The van der Waals surface area contributed by atoms with Crippen molar-refractivity contribution < 1.29 is 14.0 Å². The van der Waals surface area contributed by atoms with Crippen LogP contribution < -0.4 is 5.32 Å². The number of piperidine rings is 1. The fourth-order valence-electron chi connectivity index (χ4n) is 3.45. The van der Waals surface area contributed by atoms with Gasteiger partial charge in [-0.15, -0.1) is 11.3 Å². The van der Waals surface area contributed by atoms with Gasteiger partial charge in [0.05, 0.1) is 12.1 Å². The van der Waals surface area contributed by atoms with Crippen LogP contribution in [0.2, 0.25) is 0 Å². The van der Waals surface area contributed by atoms with E-state index in [-0.39, 0.29) is 24.3 Å². The average Bonchev–Trinajstić information content (AvgIpc) is 3.38. The van der Waals surface area contributed by atoms with Gasteiger partial charge in [0.1, 0.15) is 5.76 Å². The zero-order valence-electron chi connectivity index (χ0n) is 16.3. The molecule has 0 spiro atoms. The van der Waals surface area contributed by atoms with Gasteiger partial charge >= 0.3 is 0 Å². The van der Waals surface area contributed by atoms with Gasteiger partial charge in [0.2, 0.25) is 5.91 Å². The van der Waals surface area contributed by atoms with Crippen molar-refractivity contribution in [2.75, 3.05) is 13.1 Å². The van der Waals surface area contributed by atoms with E-state index in [0.29, 0.717) is 18.7 Å². The minimum absolute atomic E-state index is 0.0569. The van der Waals surface area contributed by atoms with E-state index in [0.717, 1.165) is 35.1 Å². The topological polar surface area (TPSA) is 75.4 Å². The number of likely N-dealkylation sites (tertiary alicyclic amines) is 1. The van der Waals surface area contributed by atoms with E-state index < -0.39 is 0 Å². The van der Waals surface area contributed by atoms with Crippen LogP contribution in [0.15, 0.2) is 52.3 Å². The lowest BCUT2D eigenvalue weighted by Gasteiger charge is -2.32. The maximum absolute atomic E-state index is 12.6. The number of thiazole rings is 1. The van der Waals surface area contributed by atoms with Crippen LogP contribution in [0.4, 0.5) is 0 Å². The molecule has 0 radical (unpaired) electrons. The minimum atomic E-state index is -0.0569. The number of carbonyl (C=O) groups excluding carboxylic acids is 2. The van der Waals surface area contributed by atoms with Crippen molar-refractivity contribution in [2.45, 2.75) is 32.2 Å². The molecule has 150 valence electrons. The Kier molecular flexibility index (Phi) is 5.76. The Morgan fingerprint density at radius 3 is 2.62 bits per heavy atom. The lowest BCUT2D eigenvalue weighted by molar-refractivity contribution is -0.131. The van der Waals surface area contributed by atoms with Crippen LogP contribution in [0.1, 0.15) is 34.7 Å².